The number of carbonyl (C=O) groups is 1. The van der Waals surface area contributed by atoms with E-state index in [1.165, 1.54) is 12.3 Å². The Morgan fingerprint density at radius 2 is 2.19 bits per heavy atom. The molecule has 0 spiro atoms. The molecule has 2 rings (SSSR count). The Labute approximate surface area is 102 Å². The molecule has 0 aliphatic carbocycles. The van der Waals surface area contributed by atoms with E-state index in [-0.39, 0.29) is 17.1 Å². The zero-order valence-corrected chi connectivity index (χ0v) is 10.7. The van der Waals surface area contributed by atoms with Crippen molar-refractivity contribution in [2.45, 2.75) is 11.4 Å². The number of pyridine rings is 1. The second kappa shape index (κ2) is 4.14. The predicted octanol–water partition coefficient (Wildman–Crippen LogP) is 1.01. The lowest BCUT2D eigenvalue weighted by molar-refractivity contribution is 0.0871. The van der Waals surface area contributed by atoms with Gasteiger partial charge >= 0.3 is 0 Å². The van der Waals surface area contributed by atoms with Gasteiger partial charge in [-0.15, -0.1) is 0 Å². The summed E-state index contributed by atoms with van der Waals surface area (Å²) in [5.74, 6) is -0.482. The van der Waals surface area contributed by atoms with Gasteiger partial charge in [0.15, 0.2) is 5.03 Å². The van der Waals surface area contributed by atoms with E-state index in [1.54, 1.807) is 6.07 Å². The molecule has 5 nitrogen and oxygen atoms in total. The van der Waals surface area contributed by atoms with E-state index in [2.05, 4.69) is 20.9 Å². The molecule has 0 radical (unpaired) electrons. The summed E-state index contributed by atoms with van der Waals surface area (Å²) in [6, 6.07) is 3.04. The third kappa shape index (κ3) is 1.63. The topological polar surface area (TPSA) is 67.3 Å². The summed E-state index contributed by atoms with van der Waals surface area (Å²) in [5.41, 5.74) is 0.164. The largest absolute Gasteiger partial charge is 0.285 e. The summed E-state index contributed by atoms with van der Waals surface area (Å²) in [7, 11) is -3.72. The SMILES string of the molecule is O=C1c2cccnc2S(=O)(=O)N1CCCBr. The first-order chi connectivity index (χ1) is 7.59. The Bertz CT molecular complexity index is 529. The molecule has 86 valence electrons. The Hall–Kier alpha value is -0.950. The number of fused-ring (bicyclic) bond motifs is 1. The highest BCUT2D eigenvalue weighted by Gasteiger charge is 2.41. The minimum atomic E-state index is -3.72. The van der Waals surface area contributed by atoms with Gasteiger partial charge in [0, 0.05) is 18.1 Å². The van der Waals surface area contributed by atoms with Crippen LogP contribution in [-0.4, -0.2) is 35.5 Å². The lowest BCUT2D eigenvalue weighted by atomic mass is 10.2. The molecule has 1 amide bonds. The summed E-state index contributed by atoms with van der Waals surface area (Å²) < 4.78 is 24.7. The molecule has 2 heterocycles. The lowest BCUT2D eigenvalue weighted by Crippen LogP contribution is -2.31. The molecule has 0 saturated heterocycles. The monoisotopic (exact) mass is 304 g/mol. The molecular weight excluding hydrogens is 296 g/mol. The molecule has 16 heavy (non-hydrogen) atoms. The van der Waals surface area contributed by atoms with Crippen LogP contribution in [0.1, 0.15) is 16.8 Å². The normalized spacial score (nSPS) is 17.6. The predicted molar refractivity (Wildman–Crippen MR) is 60.9 cm³/mol. The number of halogens is 1. The number of aromatic nitrogens is 1. The fourth-order valence-corrected chi connectivity index (χ4v) is 3.31. The number of sulfonamides is 1. The van der Waals surface area contributed by atoms with Gasteiger partial charge in [0.2, 0.25) is 0 Å². The molecule has 0 bridgehead atoms. The molecule has 0 saturated carbocycles. The maximum Gasteiger partial charge on any atom is 0.285 e. The van der Waals surface area contributed by atoms with Gasteiger partial charge in [0.05, 0.1) is 5.56 Å². The summed E-state index contributed by atoms with van der Waals surface area (Å²) in [6.07, 6.45) is 1.95. The van der Waals surface area contributed by atoms with Crippen molar-refractivity contribution in [3.63, 3.8) is 0 Å². The van der Waals surface area contributed by atoms with Crippen LogP contribution in [0.4, 0.5) is 0 Å². The minimum Gasteiger partial charge on any atom is -0.268 e. The molecule has 1 aromatic rings. The average Bonchev–Trinajstić information content (AvgIpc) is 2.46. The van der Waals surface area contributed by atoms with Gasteiger partial charge in [-0.3, -0.25) is 4.79 Å². The van der Waals surface area contributed by atoms with E-state index in [1.807, 2.05) is 0 Å². The third-order valence-corrected chi connectivity index (χ3v) is 4.56. The number of rotatable bonds is 3. The molecule has 0 fully saturated rings. The van der Waals surface area contributed by atoms with Crippen molar-refractivity contribution in [3.05, 3.63) is 23.9 Å². The van der Waals surface area contributed by atoms with Gasteiger partial charge in [0.1, 0.15) is 0 Å². The smallest absolute Gasteiger partial charge is 0.268 e. The van der Waals surface area contributed by atoms with Crippen LogP contribution < -0.4 is 0 Å². The van der Waals surface area contributed by atoms with Crippen LogP contribution in [-0.2, 0) is 10.0 Å². The summed E-state index contributed by atoms with van der Waals surface area (Å²) in [6.45, 7) is 0.183. The molecule has 7 heteroatoms. The van der Waals surface area contributed by atoms with Crippen LogP contribution in [0.3, 0.4) is 0 Å². The van der Waals surface area contributed by atoms with Crippen LogP contribution in [0.25, 0.3) is 0 Å². The first-order valence-corrected chi connectivity index (χ1v) is 7.23. The second-order valence-electron chi connectivity index (χ2n) is 3.28. The molecule has 0 atom stereocenters. The second-order valence-corrected chi connectivity index (χ2v) is 5.85. The van der Waals surface area contributed by atoms with Crippen LogP contribution in [0, 0.1) is 0 Å². The van der Waals surface area contributed by atoms with Gasteiger partial charge in [-0.1, -0.05) is 15.9 Å². The standard InChI is InChI=1S/C9H9BrN2O3S/c10-4-2-6-12-9(13)7-3-1-5-11-8(7)16(12,14)15/h1,3,5H,2,4,6H2. The molecule has 0 unspecified atom stereocenters. The highest BCUT2D eigenvalue weighted by molar-refractivity contribution is 9.09. The van der Waals surface area contributed by atoms with Gasteiger partial charge in [-0.05, 0) is 18.6 Å². The number of carbonyl (C=O) groups excluding carboxylic acids is 1. The maximum atomic E-state index is 11.9. The zero-order chi connectivity index (χ0) is 11.8. The Kier molecular flexibility index (Phi) is 2.98. The van der Waals surface area contributed by atoms with Crippen molar-refractivity contribution in [1.82, 2.24) is 9.29 Å². The van der Waals surface area contributed by atoms with Crippen LogP contribution in [0.15, 0.2) is 23.4 Å². The molecule has 1 aliphatic rings. The highest BCUT2D eigenvalue weighted by atomic mass is 79.9. The zero-order valence-electron chi connectivity index (χ0n) is 8.26. The quantitative estimate of drug-likeness (QED) is 0.782. The summed E-state index contributed by atoms with van der Waals surface area (Å²) in [4.78, 5) is 15.6. The van der Waals surface area contributed by atoms with Gasteiger partial charge in [-0.25, -0.2) is 9.29 Å². The van der Waals surface area contributed by atoms with Crippen molar-refractivity contribution in [1.29, 1.82) is 0 Å². The number of alkyl halides is 1. The van der Waals surface area contributed by atoms with Gasteiger partial charge < -0.3 is 0 Å². The number of hydrogen-bond acceptors (Lipinski definition) is 4. The molecule has 0 N–H and O–H groups in total. The van der Waals surface area contributed by atoms with Crippen LogP contribution in [0.2, 0.25) is 0 Å². The van der Waals surface area contributed by atoms with E-state index in [9.17, 15) is 13.2 Å². The number of hydrogen-bond donors (Lipinski definition) is 0. The first kappa shape index (κ1) is 11.5. The van der Waals surface area contributed by atoms with Crippen molar-refractivity contribution < 1.29 is 13.2 Å². The minimum absolute atomic E-state index is 0.130. The average molecular weight is 305 g/mol. The molecule has 0 aromatic carbocycles. The van der Waals surface area contributed by atoms with Crippen molar-refractivity contribution >= 4 is 31.9 Å². The van der Waals surface area contributed by atoms with Crippen LogP contribution in [0.5, 0.6) is 0 Å². The van der Waals surface area contributed by atoms with E-state index in [0.717, 1.165) is 4.31 Å². The van der Waals surface area contributed by atoms with Gasteiger partial charge in [-0.2, -0.15) is 8.42 Å². The van der Waals surface area contributed by atoms with E-state index in [0.29, 0.717) is 11.8 Å². The van der Waals surface area contributed by atoms with E-state index in [4.69, 9.17) is 0 Å². The highest BCUT2D eigenvalue weighted by Crippen LogP contribution is 2.27. The Balaban J connectivity index is 2.46. The Morgan fingerprint density at radius 1 is 1.44 bits per heavy atom. The summed E-state index contributed by atoms with van der Waals surface area (Å²) >= 11 is 3.20. The number of nitrogens with zero attached hydrogens (tertiary/aromatic N) is 2. The van der Waals surface area contributed by atoms with E-state index >= 15 is 0 Å². The summed E-state index contributed by atoms with van der Waals surface area (Å²) in [5, 5.41) is 0.519. The van der Waals surface area contributed by atoms with Crippen molar-refractivity contribution in [2.24, 2.45) is 0 Å². The fourth-order valence-electron chi connectivity index (χ4n) is 1.53. The van der Waals surface area contributed by atoms with Crippen molar-refractivity contribution in [2.75, 3.05) is 11.9 Å². The molecule has 1 aromatic heterocycles. The van der Waals surface area contributed by atoms with Crippen molar-refractivity contribution in [3.8, 4) is 0 Å². The van der Waals surface area contributed by atoms with Gasteiger partial charge in [0.25, 0.3) is 15.9 Å². The Morgan fingerprint density at radius 3 is 2.81 bits per heavy atom. The fraction of sp³-hybridized carbons (Fsp3) is 0.333. The molecular formula is C9H9BrN2O3S. The van der Waals surface area contributed by atoms with Crippen LogP contribution >= 0.6 is 15.9 Å². The van der Waals surface area contributed by atoms with E-state index < -0.39 is 15.9 Å². The maximum absolute atomic E-state index is 11.9. The first-order valence-electron chi connectivity index (χ1n) is 4.67. The molecule has 1 aliphatic heterocycles. The third-order valence-electron chi connectivity index (χ3n) is 2.26. The lowest BCUT2D eigenvalue weighted by Gasteiger charge is -2.13. The number of amides is 1.